The van der Waals surface area contributed by atoms with Crippen molar-refractivity contribution in [3.05, 3.63) is 57.6 Å². The Balaban J connectivity index is 1.76. The second kappa shape index (κ2) is 5.99. The Kier molecular flexibility index (Phi) is 3.82. The Morgan fingerprint density at radius 3 is 2.92 bits per heavy atom. The van der Waals surface area contributed by atoms with Gasteiger partial charge in [0.15, 0.2) is 0 Å². The number of carbonyl (C=O) groups is 1. The van der Waals surface area contributed by atoms with Gasteiger partial charge >= 0.3 is 5.97 Å². The average Bonchev–Trinajstić information content (AvgIpc) is 3.09. The predicted octanol–water partition coefficient (Wildman–Crippen LogP) is 4.08. The van der Waals surface area contributed by atoms with Crippen molar-refractivity contribution in [2.45, 2.75) is 13.0 Å². The van der Waals surface area contributed by atoms with Crippen molar-refractivity contribution in [2.75, 3.05) is 0 Å². The highest BCUT2D eigenvalue weighted by molar-refractivity contribution is 9.10. The van der Waals surface area contributed by atoms with Crippen LogP contribution in [-0.2, 0) is 17.8 Å². The van der Waals surface area contributed by atoms with Crippen LogP contribution in [0.2, 0.25) is 0 Å². The third-order valence-corrected chi connectivity index (χ3v) is 5.23. The molecular formula is C17H12BrN3O2S. The molecule has 0 bridgehead atoms. The minimum atomic E-state index is -0.879. The second-order valence-electron chi connectivity index (χ2n) is 5.41. The van der Waals surface area contributed by atoms with Crippen LogP contribution in [0.3, 0.4) is 0 Å². The predicted molar refractivity (Wildman–Crippen MR) is 97.5 cm³/mol. The first-order chi connectivity index (χ1) is 11.6. The quantitative estimate of drug-likeness (QED) is 0.559. The molecule has 0 amide bonds. The average molecular weight is 402 g/mol. The first-order valence-corrected chi connectivity index (χ1v) is 8.92. The molecule has 120 valence electrons. The Bertz CT molecular complexity index is 1070. The summed E-state index contributed by atoms with van der Waals surface area (Å²) in [7, 11) is 0. The fourth-order valence-corrected chi connectivity index (χ4v) is 4.23. The van der Waals surface area contributed by atoms with E-state index in [2.05, 4.69) is 26.0 Å². The van der Waals surface area contributed by atoms with Crippen molar-refractivity contribution in [2.24, 2.45) is 0 Å². The van der Waals surface area contributed by atoms with Gasteiger partial charge in [-0.3, -0.25) is 9.48 Å². The molecule has 0 atom stereocenters. The lowest BCUT2D eigenvalue weighted by Gasteiger charge is -1.99. The van der Waals surface area contributed by atoms with Gasteiger partial charge in [-0.25, -0.2) is 4.98 Å². The van der Waals surface area contributed by atoms with Crippen molar-refractivity contribution in [1.82, 2.24) is 14.8 Å². The van der Waals surface area contributed by atoms with Gasteiger partial charge in [0.1, 0.15) is 5.01 Å². The smallest absolute Gasteiger partial charge is 0.309 e. The molecule has 2 heterocycles. The van der Waals surface area contributed by atoms with Crippen molar-refractivity contribution < 1.29 is 9.90 Å². The summed E-state index contributed by atoms with van der Waals surface area (Å²) in [5, 5.41) is 15.4. The summed E-state index contributed by atoms with van der Waals surface area (Å²) in [5.41, 5.74) is 2.47. The maximum atomic E-state index is 11.1. The minimum absolute atomic E-state index is 0.0830. The fourth-order valence-electron chi connectivity index (χ4n) is 2.73. The van der Waals surface area contributed by atoms with Crippen LogP contribution in [0.1, 0.15) is 10.7 Å². The van der Waals surface area contributed by atoms with E-state index >= 15 is 0 Å². The lowest BCUT2D eigenvalue weighted by molar-refractivity contribution is -0.136. The van der Waals surface area contributed by atoms with E-state index in [1.807, 2.05) is 47.1 Å². The van der Waals surface area contributed by atoms with Gasteiger partial charge in [0, 0.05) is 9.86 Å². The molecule has 0 spiro atoms. The number of hydrogen-bond donors (Lipinski definition) is 1. The standard InChI is InChI=1S/C17H12BrN3O2S/c18-10-5-6-12-15(7-10)24-16(19-12)9-21-14-4-2-1-3-11(14)13(20-21)8-17(22)23/h1-7H,8-9H2,(H,22,23). The maximum absolute atomic E-state index is 11.1. The molecule has 4 rings (SSSR count). The summed E-state index contributed by atoms with van der Waals surface area (Å²) < 4.78 is 3.97. The Morgan fingerprint density at radius 1 is 1.25 bits per heavy atom. The molecule has 2 aromatic heterocycles. The monoisotopic (exact) mass is 401 g/mol. The van der Waals surface area contributed by atoms with Crippen molar-refractivity contribution >= 4 is 54.4 Å². The molecule has 0 saturated heterocycles. The topological polar surface area (TPSA) is 68.0 Å². The van der Waals surface area contributed by atoms with Crippen LogP contribution in [0.5, 0.6) is 0 Å². The van der Waals surface area contributed by atoms with E-state index in [0.717, 1.165) is 30.6 Å². The Labute approximate surface area is 149 Å². The molecule has 0 aliphatic rings. The lowest BCUT2D eigenvalue weighted by atomic mass is 10.2. The van der Waals surface area contributed by atoms with E-state index in [1.54, 1.807) is 11.3 Å². The van der Waals surface area contributed by atoms with Gasteiger partial charge in [-0.2, -0.15) is 5.10 Å². The Hall–Kier alpha value is -2.25. The van der Waals surface area contributed by atoms with Crippen LogP contribution in [-0.4, -0.2) is 25.8 Å². The number of thiazole rings is 1. The third-order valence-electron chi connectivity index (χ3n) is 3.73. The highest BCUT2D eigenvalue weighted by Gasteiger charge is 2.14. The number of benzene rings is 2. The molecule has 5 nitrogen and oxygen atoms in total. The number of halogens is 1. The van der Waals surface area contributed by atoms with Crippen LogP contribution in [0, 0.1) is 0 Å². The molecule has 0 unspecified atom stereocenters. The summed E-state index contributed by atoms with van der Waals surface area (Å²) in [5.74, 6) is -0.879. The number of carboxylic acids is 1. The van der Waals surface area contributed by atoms with Gasteiger partial charge in [0.25, 0.3) is 0 Å². The van der Waals surface area contributed by atoms with Gasteiger partial charge < -0.3 is 5.11 Å². The zero-order valence-corrected chi connectivity index (χ0v) is 14.8. The summed E-state index contributed by atoms with van der Waals surface area (Å²) in [6, 6.07) is 13.7. The van der Waals surface area contributed by atoms with Gasteiger partial charge in [0.05, 0.1) is 34.4 Å². The fraction of sp³-hybridized carbons (Fsp3) is 0.118. The molecule has 0 fully saturated rings. The number of nitrogens with zero attached hydrogens (tertiary/aromatic N) is 3. The number of hydrogen-bond acceptors (Lipinski definition) is 4. The minimum Gasteiger partial charge on any atom is -0.481 e. The van der Waals surface area contributed by atoms with Gasteiger partial charge in [0.2, 0.25) is 0 Å². The molecule has 7 heteroatoms. The van der Waals surface area contributed by atoms with Crippen LogP contribution in [0.4, 0.5) is 0 Å². The van der Waals surface area contributed by atoms with Crippen LogP contribution in [0.15, 0.2) is 46.9 Å². The molecular weight excluding hydrogens is 390 g/mol. The number of fused-ring (bicyclic) bond motifs is 2. The van der Waals surface area contributed by atoms with Gasteiger partial charge in [-0.05, 0) is 24.3 Å². The molecule has 4 aromatic rings. The number of para-hydroxylation sites is 1. The van der Waals surface area contributed by atoms with E-state index in [9.17, 15) is 4.79 Å². The van der Waals surface area contributed by atoms with Crippen LogP contribution < -0.4 is 0 Å². The molecule has 2 aromatic carbocycles. The number of rotatable bonds is 4. The molecule has 24 heavy (non-hydrogen) atoms. The summed E-state index contributed by atoms with van der Waals surface area (Å²) in [6.45, 7) is 0.525. The van der Waals surface area contributed by atoms with Crippen molar-refractivity contribution in [3.63, 3.8) is 0 Å². The molecule has 0 saturated carbocycles. The highest BCUT2D eigenvalue weighted by atomic mass is 79.9. The zero-order chi connectivity index (χ0) is 16.7. The van der Waals surface area contributed by atoms with Crippen molar-refractivity contribution in [3.8, 4) is 0 Å². The molecule has 0 aliphatic carbocycles. The van der Waals surface area contributed by atoms with E-state index in [4.69, 9.17) is 5.11 Å². The van der Waals surface area contributed by atoms with E-state index in [1.165, 1.54) is 0 Å². The molecule has 0 radical (unpaired) electrons. The first-order valence-electron chi connectivity index (χ1n) is 7.31. The summed E-state index contributed by atoms with van der Waals surface area (Å²) in [4.78, 5) is 15.7. The van der Waals surface area contributed by atoms with Crippen molar-refractivity contribution in [1.29, 1.82) is 0 Å². The number of carboxylic acid groups (broad SMARTS) is 1. The maximum Gasteiger partial charge on any atom is 0.309 e. The summed E-state index contributed by atoms with van der Waals surface area (Å²) in [6.07, 6.45) is -0.0830. The van der Waals surface area contributed by atoms with Crippen LogP contribution >= 0.6 is 27.3 Å². The number of aliphatic carboxylic acids is 1. The third kappa shape index (κ3) is 2.81. The second-order valence-corrected chi connectivity index (χ2v) is 7.44. The normalized spacial score (nSPS) is 11.4. The molecule has 0 aliphatic heterocycles. The van der Waals surface area contributed by atoms with Gasteiger partial charge in [-0.1, -0.05) is 34.1 Å². The largest absolute Gasteiger partial charge is 0.481 e. The van der Waals surface area contributed by atoms with Gasteiger partial charge in [-0.15, -0.1) is 11.3 Å². The van der Waals surface area contributed by atoms with E-state index < -0.39 is 5.97 Å². The SMILES string of the molecule is O=C(O)Cc1nn(Cc2nc3ccc(Br)cc3s2)c2ccccc12. The lowest BCUT2D eigenvalue weighted by Crippen LogP contribution is -2.04. The Morgan fingerprint density at radius 2 is 2.08 bits per heavy atom. The summed E-state index contributed by atoms with van der Waals surface area (Å²) >= 11 is 5.09. The number of aromatic nitrogens is 3. The van der Waals surface area contributed by atoms with E-state index in [-0.39, 0.29) is 6.42 Å². The first kappa shape index (κ1) is 15.3. The zero-order valence-electron chi connectivity index (χ0n) is 12.4. The van der Waals surface area contributed by atoms with Crippen LogP contribution in [0.25, 0.3) is 21.1 Å². The van der Waals surface area contributed by atoms with E-state index in [0.29, 0.717) is 12.2 Å². The molecule has 1 N–H and O–H groups in total. The highest BCUT2D eigenvalue weighted by Crippen LogP contribution is 2.27.